The molecule has 8 nitrogen and oxygen atoms in total. The summed E-state index contributed by atoms with van der Waals surface area (Å²) in [6, 6.07) is 5.10. The smallest absolute Gasteiger partial charge is 0.274 e. The van der Waals surface area contributed by atoms with Crippen molar-refractivity contribution in [2.45, 2.75) is 23.7 Å². The molecule has 0 saturated carbocycles. The van der Waals surface area contributed by atoms with Gasteiger partial charge in [0.25, 0.3) is 11.5 Å². The number of hydrogen-bond acceptors (Lipinski definition) is 7. The Kier molecular flexibility index (Phi) is 3.95. The van der Waals surface area contributed by atoms with Crippen molar-refractivity contribution in [3.8, 4) is 0 Å². The van der Waals surface area contributed by atoms with E-state index in [1.54, 1.807) is 13.2 Å². The number of aromatic nitrogens is 4. The third kappa shape index (κ3) is 2.78. The number of aryl methyl sites for hydroxylation is 1. The van der Waals surface area contributed by atoms with Gasteiger partial charge in [-0.1, -0.05) is 11.8 Å². The molecular weight excluding hydrogens is 340 g/mol. The van der Waals surface area contributed by atoms with Gasteiger partial charge in [-0.05, 0) is 24.8 Å². The number of piperazine rings is 1. The molecule has 130 valence electrons. The topological polar surface area (TPSA) is 84.2 Å². The second-order valence-corrected chi connectivity index (χ2v) is 7.02. The minimum Gasteiger partial charge on any atom is -0.352 e. The van der Waals surface area contributed by atoms with E-state index in [1.165, 1.54) is 28.6 Å². The molecule has 0 spiro atoms. The lowest BCUT2D eigenvalue weighted by Gasteiger charge is -2.56. The molecule has 9 heteroatoms. The molecule has 5 rings (SSSR count). The van der Waals surface area contributed by atoms with Gasteiger partial charge in [0.15, 0.2) is 5.16 Å². The number of carbonyl (C=O) groups excluding carboxylic acids is 1. The van der Waals surface area contributed by atoms with Crippen LogP contribution in [0.5, 0.6) is 0 Å². The zero-order chi connectivity index (χ0) is 17.6. The van der Waals surface area contributed by atoms with Crippen molar-refractivity contribution in [3.63, 3.8) is 0 Å². The van der Waals surface area contributed by atoms with E-state index in [9.17, 15) is 9.59 Å². The van der Waals surface area contributed by atoms with E-state index in [1.807, 2.05) is 17.2 Å². The summed E-state index contributed by atoms with van der Waals surface area (Å²) in [5.41, 5.74) is 0.0943. The first-order chi connectivity index (χ1) is 12.1. The quantitative estimate of drug-likeness (QED) is 0.580. The molecule has 3 aliphatic rings. The van der Waals surface area contributed by atoms with Crippen molar-refractivity contribution >= 4 is 23.5 Å². The van der Waals surface area contributed by atoms with E-state index in [0.29, 0.717) is 5.69 Å². The number of anilines is 1. The third-order valence-corrected chi connectivity index (χ3v) is 5.29. The maximum absolute atomic E-state index is 12.7. The zero-order valence-corrected chi connectivity index (χ0v) is 14.8. The van der Waals surface area contributed by atoms with Crippen molar-refractivity contribution in [1.82, 2.24) is 24.6 Å². The minimum absolute atomic E-state index is 0.107. The first-order valence-electron chi connectivity index (χ1n) is 8.06. The Hall–Kier alpha value is -2.42. The van der Waals surface area contributed by atoms with Crippen LogP contribution in [0.2, 0.25) is 0 Å². The average molecular weight is 358 g/mol. The highest BCUT2D eigenvalue weighted by molar-refractivity contribution is 7.98. The number of nitrogens with zero attached hydrogens (tertiary/aromatic N) is 6. The number of rotatable bonds is 3. The molecule has 0 aliphatic carbocycles. The number of thioether (sulfide) groups is 1. The lowest BCUT2D eigenvalue weighted by atomic mass is 9.87. The molecule has 3 aliphatic heterocycles. The summed E-state index contributed by atoms with van der Waals surface area (Å²) in [4.78, 5) is 37.0. The molecular formula is C16H18N6O2S. The van der Waals surface area contributed by atoms with Gasteiger partial charge in [0.05, 0.1) is 12.1 Å². The predicted molar refractivity (Wildman–Crippen MR) is 93.9 cm³/mol. The third-order valence-electron chi connectivity index (χ3n) is 4.73. The first-order valence-corrected chi connectivity index (χ1v) is 9.28. The molecule has 3 saturated heterocycles. The molecule has 2 unspecified atom stereocenters. The first kappa shape index (κ1) is 16.1. The highest BCUT2D eigenvalue weighted by atomic mass is 32.2. The van der Waals surface area contributed by atoms with Gasteiger partial charge in [-0.15, -0.1) is 0 Å². The SMILES string of the molecule is CSc1nccc(N2CC3CC(C2)N3C(=O)c2ccc(=O)n(C)n2)n1. The van der Waals surface area contributed by atoms with Crippen LogP contribution >= 0.6 is 11.8 Å². The van der Waals surface area contributed by atoms with Crippen LogP contribution in [0.1, 0.15) is 16.9 Å². The number of piperidine rings is 1. The van der Waals surface area contributed by atoms with Crippen molar-refractivity contribution in [2.24, 2.45) is 7.05 Å². The second-order valence-electron chi connectivity index (χ2n) is 6.24. The molecule has 2 aromatic heterocycles. The Balaban J connectivity index is 1.50. The fourth-order valence-corrected chi connectivity index (χ4v) is 3.83. The summed E-state index contributed by atoms with van der Waals surface area (Å²) in [5, 5.41) is 4.83. The summed E-state index contributed by atoms with van der Waals surface area (Å²) in [7, 11) is 1.55. The monoisotopic (exact) mass is 358 g/mol. The van der Waals surface area contributed by atoms with Gasteiger partial charge in [-0.3, -0.25) is 9.59 Å². The van der Waals surface area contributed by atoms with Gasteiger partial charge in [0.1, 0.15) is 11.5 Å². The van der Waals surface area contributed by atoms with E-state index < -0.39 is 0 Å². The molecule has 1 amide bonds. The van der Waals surface area contributed by atoms with E-state index in [4.69, 9.17) is 0 Å². The van der Waals surface area contributed by atoms with E-state index >= 15 is 0 Å². The number of fused-ring (bicyclic) bond motifs is 2. The normalized spacial score (nSPS) is 21.8. The van der Waals surface area contributed by atoms with Crippen LogP contribution in [0, 0.1) is 0 Å². The summed E-state index contributed by atoms with van der Waals surface area (Å²) in [6.07, 6.45) is 4.72. The Morgan fingerprint density at radius 3 is 2.68 bits per heavy atom. The van der Waals surface area contributed by atoms with Crippen LogP contribution in [0.4, 0.5) is 5.82 Å². The fraction of sp³-hybridized carbons (Fsp3) is 0.438. The Morgan fingerprint density at radius 2 is 2.00 bits per heavy atom. The minimum atomic E-state index is -0.222. The second kappa shape index (κ2) is 6.14. The molecule has 0 aromatic carbocycles. The van der Waals surface area contributed by atoms with Gasteiger partial charge < -0.3 is 9.80 Å². The van der Waals surface area contributed by atoms with E-state index in [2.05, 4.69) is 20.0 Å². The van der Waals surface area contributed by atoms with Crippen LogP contribution in [0.25, 0.3) is 0 Å². The fourth-order valence-electron chi connectivity index (χ4n) is 3.48. The summed E-state index contributed by atoms with van der Waals surface area (Å²) in [6.45, 7) is 1.50. The molecule has 2 atom stereocenters. The maximum atomic E-state index is 12.7. The van der Waals surface area contributed by atoms with Gasteiger partial charge in [-0.25, -0.2) is 14.6 Å². The van der Waals surface area contributed by atoms with Crippen LogP contribution < -0.4 is 10.5 Å². The largest absolute Gasteiger partial charge is 0.352 e. The van der Waals surface area contributed by atoms with Gasteiger partial charge >= 0.3 is 0 Å². The Bertz CT molecular complexity index is 873. The van der Waals surface area contributed by atoms with Crippen LogP contribution in [0.15, 0.2) is 34.3 Å². The maximum Gasteiger partial charge on any atom is 0.274 e. The summed E-state index contributed by atoms with van der Waals surface area (Å²) >= 11 is 1.51. The van der Waals surface area contributed by atoms with Crippen molar-refractivity contribution < 1.29 is 4.79 Å². The van der Waals surface area contributed by atoms with Crippen molar-refractivity contribution in [1.29, 1.82) is 0 Å². The highest BCUT2D eigenvalue weighted by Crippen LogP contribution is 2.35. The van der Waals surface area contributed by atoms with E-state index in [0.717, 1.165) is 30.5 Å². The lowest BCUT2D eigenvalue weighted by Crippen LogP contribution is -2.70. The molecule has 25 heavy (non-hydrogen) atoms. The number of carbonyl (C=O) groups is 1. The number of hydrogen-bond donors (Lipinski definition) is 0. The van der Waals surface area contributed by atoms with Gasteiger partial charge in [0.2, 0.25) is 0 Å². The average Bonchev–Trinajstić information content (AvgIpc) is 2.64. The molecule has 3 fully saturated rings. The zero-order valence-electron chi connectivity index (χ0n) is 14.0. The standard InChI is InChI=1S/C16H18N6O2S/c1-20-14(23)4-3-12(19-20)15(24)22-10-7-11(22)9-21(8-10)13-5-6-17-16(18-13)25-2/h3-6,10-11H,7-9H2,1-2H3. The number of amides is 1. The molecule has 5 heterocycles. The summed E-state index contributed by atoms with van der Waals surface area (Å²) < 4.78 is 1.19. The van der Waals surface area contributed by atoms with Gasteiger partial charge in [0, 0.05) is 32.4 Å². The highest BCUT2D eigenvalue weighted by Gasteiger charge is 2.48. The van der Waals surface area contributed by atoms with Crippen molar-refractivity contribution in [2.75, 3.05) is 24.2 Å². The molecule has 2 aromatic rings. The molecule has 0 N–H and O–H groups in total. The van der Waals surface area contributed by atoms with Crippen LogP contribution in [-0.2, 0) is 7.05 Å². The van der Waals surface area contributed by atoms with E-state index in [-0.39, 0.29) is 23.6 Å². The molecule has 0 radical (unpaired) electrons. The Morgan fingerprint density at radius 1 is 1.24 bits per heavy atom. The molecule has 2 bridgehead atoms. The Labute approximate surface area is 148 Å². The predicted octanol–water partition coefficient (Wildman–Crippen LogP) is 0.395. The van der Waals surface area contributed by atoms with Gasteiger partial charge in [-0.2, -0.15) is 5.10 Å². The lowest BCUT2D eigenvalue weighted by molar-refractivity contribution is 0.00501. The van der Waals surface area contributed by atoms with Crippen LogP contribution in [0.3, 0.4) is 0 Å². The van der Waals surface area contributed by atoms with Crippen LogP contribution in [-0.4, -0.2) is 62.0 Å². The summed E-state index contributed by atoms with van der Waals surface area (Å²) in [5.74, 6) is 0.797. The van der Waals surface area contributed by atoms with Crippen molar-refractivity contribution in [3.05, 3.63) is 40.4 Å².